The smallest absolute Gasteiger partial charge is 0.314 e. The predicted octanol–water partition coefficient (Wildman–Crippen LogP) is 8.16. The molecule has 214 valence electrons. The molecule has 8 heteroatoms. The van der Waals surface area contributed by atoms with Crippen molar-refractivity contribution in [3.8, 4) is 11.5 Å². The number of carbonyl (C=O) groups excluding carboxylic acids is 1. The van der Waals surface area contributed by atoms with Crippen molar-refractivity contribution in [2.24, 2.45) is 17.8 Å². The largest absolute Gasteiger partial charge is 0.491 e. The van der Waals surface area contributed by atoms with Gasteiger partial charge in [0.15, 0.2) is 23.1 Å². The zero-order valence-corrected chi connectivity index (χ0v) is 22.7. The third-order valence-electron chi connectivity index (χ3n) is 8.57. The van der Waals surface area contributed by atoms with Gasteiger partial charge in [-0.25, -0.2) is 8.78 Å². The molecule has 2 aliphatic rings. The highest BCUT2D eigenvalue weighted by Crippen LogP contribution is 2.45. The molecule has 2 fully saturated rings. The van der Waals surface area contributed by atoms with Crippen molar-refractivity contribution in [2.45, 2.75) is 90.1 Å². The molecule has 1 N–H and O–H groups in total. The number of benzene rings is 2. The maximum absolute atomic E-state index is 14.9. The van der Waals surface area contributed by atoms with Crippen molar-refractivity contribution < 1.29 is 36.9 Å². The van der Waals surface area contributed by atoms with Gasteiger partial charge in [-0.3, -0.25) is 4.79 Å². The molecule has 2 aliphatic carbocycles. The minimum absolute atomic E-state index is 0.0254. The van der Waals surface area contributed by atoms with Gasteiger partial charge in [0.25, 0.3) is 0 Å². The van der Waals surface area contributed by atoms with Crippen molar-refractivity contribution in [3.05, 3.63) is 58.7 Å². The van der Waals surface area contributed by atoms with E-state index in [1.165, 1.54) is 18.2 Å². The molecular formula is C31H38F4O4. The summed E-state index contributed by atoms with van der Waals surface area (Å²) in [7, 11) is 0. The average Bonchev–Trinajstić information content (AvgIpc) is 2.94. The van der Waals surface area contributed by atoms with E-state index in [1.807, 2.05) is 6.92 Å². The number of hydrogen-bond acceptors (Lipinski definition) is 4. The maximum Gasteiger partial charge on any atom is 0.314 e. The van der Waals surface area contributed by atoms with Gasteiger partial charge in [-0.1, -0.05) is 25.5 Å². The summed E-state index contributed by atoms with van der Waals surface area (Å²) >= 11 is 0. The molecule has 0 heterocycles. The van der Waals surface area contributed by atoms with Gasteiger partial charge in [0.2, 0.25) is 11.6 Å². The molecule has 2 aromatic carbocycles. The lowest BCUT2D eigenvalue weighted by Crippen LogP contribution is -2.30. The number of esters is 1. The van der Waals surface area contributed by atoms with Crippen LogP contribution in [-0.4, -0.2) is 17.7 Å². The first kappa shape index (κ1) is 29.4. The molecule has 0 aliphatic heterocycles. The molecule has 0 radical (unpaired) electrons. The lowest BCUT2D eigenvalue weighted by atomic mass is 9.68. The standard InChI is InChI=1S/C31H38F4O4/c1-3-5-24(36)23-15-14-22(27(32)28(23)33)20-10-6-18(7-11-20)19-8-12-21(13-9-19)31(37)39-26-17-16-25(38-4-2)29(34)30(26)35/h14-21,24,36H,3-13H2,1-2H3. The zero-order chi connectivity index (χ0) is 28.1. The predicted molar refractivity (Wildman–Crippen MR) is 140 cm³/mol. The lowest BCUT2D eigenvalue weighted by Gasteiger charge is -2.37. The van der Waals surface area contributed by atoms with E-state index in [1.54, 1.807) is 13.0 Å². The van der Waals surface area contributed by atoms with Crippen LogP contribution in [0.4, 0.5) is 17.6 Å². The van der Waals surface area contributed by atoms with Crippen LogP contribution in [0.2, 0.25) is 0 Å². The first-order valence-corrected chi connectivity index (χ1v) is 14.2. The molecule has 0 saturated heterocycles. The zero-order valence-electron chi connectivity index (χ0n) is 22.7. The Bertz CT molecular complexity index is 1140. The summed E-state index contributed by atoms with van der Waals surface area (Å²) < 4.78 is 68.2. The Hall–Kier alpha value is -2.61. The Kier molecular flexibility index (Phi) is 9.91. The van der Waals surface area contributed by atoms with Gasteiger partial charge in [-0.2, -0.15) is 8.78 Å². The van der Waals surface area contributed by atoms with Gasteiger partial charge >= 0.3 is 5.97 Å². The van der Waals surface area contributed by atoms with E-state index in [4.69, 9.17) is 9.47 Å². The topological polar surface area (TPSA) is 55.8 Å². The Morgan fingerprint density at radius 3 is 2.03 bits per heavy atom. The number of carbonyl (C=O) groups is 1. The van der Waals surface area contributed by atoms with Gasteiger partial charge in [0.1, 0.15) is 0 Å². The van der Waals surface area contributed by atoms with Crippen molar-refractivity contribution in [1.82, 2.24) is 0 Å². The Morgan fingerprint density at radius 1 is 0.821 bits per heavy atom. The van der Waals surface area contributed by atoms with Crippen LogP contribution in [-0.2, 0) is 4.79 Å². The van der Waals surface area contributed by atoms with E-state index in [-0.39, 0.29) is 29.8 Å². The molecule has 0 bridgehead atoms. The van der Waals surface area contributed by atoms with Gasteiger partial charge in [0, 0.05) is 5.56 Å². The fraction of sp³-hybridized carbons (Fsp3) is 0.581. The van der Waals surface area contributed by atoms with E-state index >= 15 is 0 Å². The highest BCUT2D eigenvalue weighted by Gasteiger charge is 2.35. The Morgan fingerprint density at radius 2 is 1.41 bits per heavy atom. The van der Waals surface area contributed by atoms with E-state index in [2.05, 4.69) is 0 Å². The molecule has 4 rings (SSSR count). The van der Waals surface area contributed by atoms with Crippen molar-refractivity contribution >= 4 is 5.97 Å². The number of halogens is 4. The first-order valence-electron chi connectivity index (χ1n) is 14.2. The van der Waals surface area contributed by atoms with Crippen LogP contribution in [0.15, 0.2) is 24.3 Å². The molecule has 1 atom stereocenters. The van der Waals surface area contributed by atoms with Crippen LogP contribution in [0.3, 0.4) is 0 Å². The summed E-state index contributed by atoms with van der Waals surface area (Å²) in [5, 5.41) is 10.1. The Labute approximate surface area is 227 Å². The second-order valence-electron chi connectivity index (χ2n) is 10.9. The molecule has 2 saturated carbocycles. The normalized spacial score (nSPS) is 24.3. The highest BCUT2D eigenvalue weighted by molar-refractivity contribution is 5.75. The van der Waals surface area contributed by atoms with E-state index < -0.39 is 41.1 Å². The average molecular weight is 551 g/mol. The maximum atomic E-state index is 14.9. The van der Waals surface area contributed by atoms with Gasteiger partial charge < -0.3 is 14.6 Å². The molecule has 39 heavy (non-hydrogen) atoms. The minimum atomic E-state index is -1.23. The van der Waals surface area contributed by atoms with Crippen molar-refractivity contribution in [2.75, 3.05) is 6.61 Å². The number of rotatable bonds is 9. The molecule has 0 aromatic heterocycles. The van der Waals surface area contributed by atoms with Gasteiger partial charge in [-0.15, -0.1) is 0 Å². The summed E-state index contributed by atoms with van der Waals surface area (Å²) in [6.45, 7) is 3.73. The summed E-state index contributed by atoms with van der Waals surface area (Å²) in [6, 6.07) is 5.62. The van der Waals surface area contributed by atoms with E-state index in [9.17, 15) is 27.5 Å². The van der Waals surface area contributed by atoms with Gasteiger partial charge in [0.05, 0.1) is 18.6 Å². The highest BCUT2D eigenvalue weighted by atomic mass is 19.2. The monoisotopic (exact) mass is 550 g/mol. The number of aliphatic hydroxyl groups excluding tert-OH is 1. The number of hydrogen-bond donors (Lipinski definition) is 1. The SMILES string of the molecule is CCCC(O)c1ccc(C2CCC(C3CCC(C(=O)Oc4ccc(OCC)c(F)c4F)CC3)CC2)c(F)c1F. The molecular weight excluding hydrogens is 512 g/mol. The van der Waals surface area contributed by atoms with Crippen molar-refractivity contribution in [1.29, 1.82) is 0 Å². The van der Waals surface area contributed by atoms with Crippen LogP contribution in [0.25, 0.3) is 0 Å². The van der Waals surface area contributed by atoms with Crippen LogP contribution < -0.4 is 9.47 Å². The third-order valence-corrected chi connectivity index (χ3v) is 8.57. The Balaban J connectivity index is 1.28. The molecule has 1 unspecified atom stereocenters. The van der Waals surface area contributed by atoms with Crippen LogP contribution in [0.5, 0.6) is 11.5 Å². The van der Waals surface area contributed by atoms with Crippen LogP contribution in [0, 0.1) is 41.0 Å². The quantitative estimate of drug-likeness (QED) is 0.194. The van der Waals surface area contributed by atoms with E-state index in [0.717, 1.165) is 38.5 Å². The second kappa shape index (κ2) is 13.2. The minimum Gasteiger partial charge on any atom is -0.491 e. The summed E-state index contributed by atoms with van der Waals surface area (Å²) in [4.78, 5) is 12.7. The van der Waals surface area contributed by atoms with Crippen LogP contribution in [0.1, 0.15) is 101 Å². The fourth-order valence-electron chi connectivity index (χ4n) is 6.36. The summed E-state index contributed by atoms with van der Waals surface area (Å²) in [6.07, 6.45) is 6.32. The summed E-state index contributed by atoms with van der Waals surface area (Å²) in [5.41, 5.74) is 0.417. The fourth-order valence-corrected chi connectivity index (χ4v) is 6.36. The first-order chi connectivity index (χ1) is 18.7. The lowest BCUT2D eigenvalue weighted by molar-refractivity contribution is -0.140. The number of aliphatic hydroxyl groups is 1. The van der Waals surface area contributed by atoms with Crippen LogP contribution >= 0.6 is 0 Å². The third kappa shape index (κ3) is 6.59. The number of ether oxygens (including phenoxy) is 2. The van der Waals surface area contributed by atoms with Gasteiger partial charge in [-0.05, 0) is 100 Å². The molecule has 0 amide bonds. The molecule has 0 spiro atoms. The van der Waals surface area contributed by atoms with E-state index in [0.29, 0.717) is 43.1 Å². The summed E-state index contributed by atoms with van der Waals surface area (Å²) in [5.74, 6) is -4.92. The van der Waals surface area contributed by atoms with Crippen molar-refractivity contribution in [3.63, 3.8) is 0 Å². The molecule has 4 nitrogen and oxygen atoms in total. The second-order valence-corrected chi connectivity index (χ2v) is 10.9. The molecule has 2 aromatic rings.